The van der Waals surface area contributed by atoms with Crippen LogP contribution in [0.4, 0.5) is 5.69 Å². The predicted octanol–water partition coefficient (Wildman–Crippen LogP) is 4.16. The van der Waals surface area contributed by atoms with E-state index in [1.165, 1.54) is 19.1 Å². The number of hydrogen-bond donors (Lipinski definition) is 1. The summed E-state index contributed by atoms with van der Waals surface area (Å²) in [6, 6.07) is 9.12. The normalized spacial score (nSPS) is 11.1. The molecule has 0 spiro atoms. The van der Waals surface area contributed by atoms with E-state index >= 15 is 0 Å². The molecule has 6 nitrogen and oxygen atoms in total. The summed E-state index contributed by atoms with van der Waals surface area (Å²) < 4.78 is 36.4. The molecule has 0 aliphatic carbocycles. The number of carbonyl (C=O) groups excluding carboxylic acids is 1. The molecule has 2 aromatic carbocycles. The van der Waals surface area contributed by atoms with Crippen molar-refractivity contribution in [1.29, 1.82) is 0 Å². The van der Waals surface area contributed by atoms with Crippen molar-refractivity contribution in [3.05, 3.63) is 47.0 Å². The Morgan fingerprint density at radius 3 is 2.54 bits per heavy atom. The number of aryl methyl sites for hydroxylation is 1. The van der Waals surface area contributed by atoms with Gasteiger partial charge in [-0.3, -0.25) is 4.79 Å². The minimum atomic E-state index is -4.23. The summed E-state index contributed by atoms with van der Waals surface area (Å²) in [4.78, 5) is 11.1. The highest BCUT2D eigenvalue weighted by Gasteiger charge is 2.25. The van der Waals surface area contributed by atoms with Gasteiger partial charge in [0, 0.05) is 11.9 Å². The second kappa shape index (κ2) is 8.42. The van der Waals surface area contributed by atoms with E-state index in [1.54, 1.807) is 31.2 Å². The van der Waals surface area contributed by atoms with Crippen LogP contribution in [0.15, 0.2) is 41.3 Å². The van der Waals surface area contributed by atoms with Crippen molar-refractivity contribution in [3.8, 4) is 11.5 Å². The molecule has 0 atom stereocenters. The van der Waals surface area contributed by atoms with Gasteiger partial charge in [0.2, 0.25) is 5.91 Å². The predicted molar refractivity (Wildman–Crippen MR) is 101 cm³/mol. The van der Waals surface area contributed by atoms with E-state index < -0.39 is 10.1 Å². The zero-order chi connectivity index (χ0) is 19.3. The van der Waals surface area contributed by atoms with E-state index in [4.69, 9.17) is 20.5 Å². The number of hydrogen-bond acceptors (Lipinski definition) is 5. The molecule has 1 amide bonds. The van der Waals surface area contributed by atoms with E-state index in [-0.39, 0.29) is 33.0 Å². The van der Waals surface area contributed by atoms with Crippen LogP contribution >= 0.6 is 11.6 Å². The minimum absolute atomic E-state index is 0.000777. The molecular formula is C18H20ClNO5S. The van der Waals surface area contributed by atoms with Gasteiger partial charge in [-0.25, -0.2) is 0 Å². The van der Waals surface area contributed by atoms with E-state index in [2.05, 4.69) is 5.32 Å². The van der Waals surface area contributed by atoms with Crippen LogP contribution in [-0.2, 0) is 14.9 Å². The molecule has 0 aliphatic heterocycles. The standard InChI is InChI=1S/C18H20ClNO5S/c1-4-9-24-17-10-12(2)14(19)11-18(17)26(22,23)25-16-8-6-5-7-15(16)20-13(3)21/h5-8,10-11H,4,9H2,1-3H3,(H,20,21). The number of anilines is 1. The lowest BCUT2D eigenvalue weighted by Gasteiger charge is -2.15. The Labute approximate surface area is 158 Å². The van der Waals surface area contributed by atoms with Gasteiger partial charge in [-0.1, -0.05) is 30.7 Å². The number of amides is 1. The Morgan fingerprint density at radius 2 is 1.88 bits per heavy atom. The van der Waals surface area contributed by atoms with Crippen molar-refractivity contribution in [1.82, 2.24) is 0 Å². The first-order valence-corrected chi connectivity index (χ1v) is 9.77. The van der Waals surface area contributed by atoms with Gasteiger partial charge >= 0.3 is 10.1 Å². The summed E-state index contributed by atoms with van der Waals surface area (Å²) in [5.41, 5.74) is 0.938. The highest BCUT2D eigenvalue weighted by atomic mass is 35.5. The third-order valence-corrected chi connectivity index (χ3v) is 5.02. The number of ether oxygens (including phenoxy) is 1. The monoisotopic (exact) mass is 397 g/mol. The van der Waals surface area contributed by atoms with Crippen LogP contribution in [0.5, 0.6) is 11.5 Å². The Bertz CT molecular complexity index is 912. The molecule has 0 aliphatic rings. The lowest BCUT2D eigenvalue weighted by Crippen LogP contribution is -2.14. The van der Waals surface area contributed by atoms with Crippen LogP contribution in [0.3, 0.4) is 0 Å². The molecule has 2 aromatic rings. The van der Waals surface area contributed by atoms with Crippen molar-refractivity contribution in [2.75, 3.05) is 11.9 Å². The van der Waals surface area contributed by atoms with Gasteiger partial charge in [0.25, 0.3) is 0 Å². The number of para-hydroxylation sites is 2. The Balaban J connectivity index is 2.45. The summed E-state index contributed by atoms with van der Waals surface area (Å²) in [5.74, 6) is -0.171. The van der Waals surface area contributed by atoms with Gasteiger partial charge in [-0.05, 0) is 43.2 Å². The number of benzene rings is 2. The molecule has 0 saturated heterocycles. The van der Waals surface area contributed by atoms with Crippen LogP contribution < -0.4 is 14.2 Å². The molecular weight excluding hydrogens is 378 g/mol. The summed E-state index contributed by atoms with van der Waals surface area (Å²) in [5, 5.41) is 2.81. The fraction of sp³-hybridized carbons (Fsp3) is 0.278. The molecule has 2 rings (SSSR count). The first kappa shape index (κ1) is 20.1. The van der Waals surface area contributed by atoms with E-state index in [1.807, 2.05) is 6.92 Å². The van der Waals surface area contributed by atoms with Crippen LogP contribution in [0.1, 0.15) is 25.8 Å². The molecule has 0 saturated carbocycles. The third-order valence-electron chi connectivity index (χ3n) is 3.35. The number of nitrogens with one attached hydrogen (secondary N) is 1. The summed E-state index contributed by atoms with van der Waals surface area (Å²) in [6.07, 6.45) is 0.716. The van der Waals surface area contributed by atoms with Crippen LogP contribution in [0.2, 0.25) is 5.02 Å². The number of carbonyl (C=O) groups is 1. The highest BCUT2D eigenvalue weighted by Crippen LogP contribution is 2.34. The summed E-state index contributed by atoms with van der Waals surface area (Å²) in [6.45, 7) is 5.34. The van der Waals surface area contributed by atoms with Gasteiger partial charge in [-0.2, -0.15) is 8.42 Å². The van der Waals surface area contributed by atoms with Crippen LogP contribution in [0.25, 0.3) is 0 Å². The number of halogens is 1. The molecule has 0 heterocycles. The maximum Gasteiger partial charge on any atom is 0.343 e. The molecule has 0 unspecified atom stereocenters. The summed E-state index contributed by atoms with van der Waals surface area (Å²) in [7, 11) is -4.23. The molecule has 0 aromatic heterocycles. The molecule has 0 radical (unpaired) electrons. The van der Waals surface area contributed by atoms with Crippen LogP contribution in [0, 0.1) is 6.92 Å². The summed E-state index contributed by atoms with van der Waals surface area (Å²) >= 11 is 6.10. The Kier molecular flexibility index (Phi) is 6.50. The smallest absolute Gasteiger partial charge is 0.343 e. The Hall–Kier alpha value is -2.25. The zero-order valence-electron chi connectivity index (χ0n) is 14.7. The van der Waals surface area contributed by atoms with Crippen molar-refractivity contribution < 1.29 is 22.1 Å². The minimum Gasteiger partial charge on any atom is -0.492 e. The van der Waals surface area contributed by atoms with Gasteiger partial charge in [-0.15, -0.1) is 0 Å². The van der Waals surface area contributed by atoms with E-state index in [0.29, 0.717) is 18.6 Å². The van der Waals surface area contributed by atoms with Gasteiger partial charge in [0.15, 0.2) is 5.75 Å². The quantitative estimate of drug-likeness (QED) is 0.709. The third kappa shape index (κ3) is 4.89. The molecule has 8 heteroatoms. The molecule has 0 fully saturated rings. The molecule has 0 bridgehead atoms. The second-order valence-corrected chi connectivity index (χ2v) is 7.53. The fourth-order valence-electron chi connectivity index (χ4n) is 2.15. The van der Waals surface area contributed by atoms with Crippen molar-refractivity contribution in [2.24, 2.45) is 0 Å². The van der Waals surface area contributed by atoms with Crippen molar-refractivity contribution >= 4 is 33.3 Å². The maximum absolute atomic E-state index is 12.8. The fourth-order valence-corrected chi connectivity index (χ4v) is 3.48. The Morgan fingerprint density at radius 1 is 1.19 bits per heavy atom. The van der Waals surface area contributed by atoms with E-state index in [0.717, 1.165) is 0 Å². The van der Waals surface area contributed by atoms with Gasteiger partial charge in [0.05, 0.1) is 12.3 Å². The van der Waals surface area contributed by atoms with Crippen molar-refractivity contribution in [3.63, 3.8) is 0 Å². The first-order chi connectivity index (χ1) is 12.2. The lowest BCUT2D eigenvalue weighted by molar-refractivity contribution is -0.114. The first-order valence-electron chi connectivity index (χ1n) is 7.98. The van der Waals surface area contributed by atoms with Crippen molar-refractivity contribution in [2.45, 2.75) is 32.1 Å². The van der Waals surface area contributed by atoms with Crippen LogP contribution in [-0.4, -0.2) is 20.9 Å². The number of rotatable bonds is 7. The second-order valence-electron chi connectivity index (χ2n) is 5.61. The van der Waals surface area contributed by atoms with E-state index in [9.17, 15) is 13.2 Å². The van der Waals surface area contributed by atoms with Gasteiger partial charge < -0.3 is 14.2 Å². The molecule has 140 valence electrons. The molecule has 26 heavy (non-hydrogen) atoms. The zero-order valence-corrected chi connectivity index (χ0v) is 16.3. The maximum atomic E-state index is 12.8. The highest BCUT2D eigenvalue weighted by molar-refractivity contribution is 7.87. The van der Waals surface area contributed by atoms with Gasteiger partial charge in [0.1, 0.15) is 10.6 Å². The topological polar surface area (TPSA) is 81.7 Å². The lowest BCUT2D eigenvalue weighted by atomic mass is 10.2. The average molecular weight is 398 g/mol. The average Bonchev–Trinajstić information content (AvgIpc) is 2.56. The largest absolute Gasteiger partial charge is 0.492 e. The SMILES string of the molecule is CCCOc1cc(C)c(Cl)cc1S(=O)(=O)Oc1ccccc1NC(C)=O. The molecule has 1 N–H and O–H groups in total.